The number of nitrogens with two attached hydrogens (primary N) is 1. The van der Waals surface area contributed by atoms with Gasteiger partial charge in [0.2, 0.25) is 0 Å². The zero-order chi connectivity index (χ0) is 12.1. The van der Waals surface area contributed by atoms with Gasteiger partial charge in [0.25, 0.3) is 0 Å². The molecule has 0 aromatic heterocycles. The second kappa shape index (κ2) is 5.82. The summed E-state index contributed by atoms with van der Waals surface area (Å²) in [6.07, 6.45) is 0.730. The van der Waals surface area contributed by atoms with Gasteiger partial charge < -0.3 is 15.6 Å². The van der Waals surface area contributed by atoms with Crippen LogP contribution >= 0.6 is 0 Å². The Kier molecular flexibility index (Phi) is 4.71. The molecule has 0 amide bonds. The fourth-order valence-electron chi connectivity index (χ4n) is 1.69. The van der Waals surface area contributed by atoms with E-state index in [-0.39, 0.29) is 5.75 Å². The number of ether oxygens (including phenoxy) is 1. The lowest BCUT2D eigenvalue weighted by Gasteiger charge is -2.20. The van der Waals surface area contributed by atoms with Gasteiger partial charge >= 0.3 is 0 Å². The summed E-state index contributed by atoms with van der Waals surface area (Å²) in [6.45, 7) is 1.96. The molecule has 0 aliphatic carbocycles. The summed E-state index contributed by atoms with van der Waals surface area (Å²) in [5.41, 5.74) is 6.38. The maximum atomic E-state index is 13.4. The first-order valence-electron chi connectivity index (χ1n) is 5.37. The van der Waals surface area contributed by atoms with Crippen LogP contribution in [0.25, 0.3) is 0 Å². The molecular formula is C12H18FNO2. The molecular weight excluding hydrogens is 209 g/mol. The van der Waals surface area contributed by atoms with E-state index < -0.39 is 18.0 Å². The van der Waals surface area contributed by atoms with E-state index in [1.165, 1.54) is 13.2 Å². The summed E-state index contributed by atoms with van der Waals surface area (Å²) in [4.78, 5) is 0. The van der Waals surface area contributed by atoms with Crippen molar-refractivity contribution in [3.05, 3.63) is 29.6 Å². The van der Waals surface area contributed by atoms with Crippen molar-refractivity contribution in [2.75, 3.05) is 7.11 Å². The average molecular weight is 227 g/mol. The summed E-state index contributed by atoms with van der Waals surface area (Å²) < 4.78 is 18.4. The number of hydrogen-bond donors (Lipinski definition) is 2. The first-order chi connectivity index (χ1) is 7.61. The molecule has 1 aromatic rings. The van der Waals surface area contributed by atoms with Gasteiger partial charge in [0.05, 0.1) is 19.3 Å². The molecule has 0 bridgehead atoms. The molecule has 0 radical (unpaired) electrons. The number of aliphatic hydroxyl groups excluding tert-OH is 1. The van der Waals surface area contributed by atoms with Gasteiger partial charge in [0, 0.05) is 5.56 Å². The zero-order valence-corrected chi connectivity index (χ0v) is 9.61. The van der Waals surface area contributed by atoms with Gasteiger partial charge in [-0.3, -0.25) is 0 Å². The molecule has 3 N–H and O–H groups in total. The predicted octanol–water partition coefficient (Wildman–Crippen LogP) is 2.00. The van der Waals surface area contributed by atoms with Crippen LogP contribution in [-0.2, 0) is 0 Å². The quantitative estimate of drug-likeness (QED) is 0.808. The molecule has 3 nitrogen and oxygen atoms in total. The molecule has 2 atom stereocenters. The average Bonchev–Trinajstić information content (AvgIpc) is 2.28. The Balaban J connectivity index is 2.98. The number of hydrogen-bond acceptors (Lipinski definition) is 3. The van der Waals surface area contributed by atoms with E-state index in [1.54, 1.807) is 12.1 Å². The lowest BCUT2D eigenvalue weighted by atomic mass is 9.98. The highest BCUT2D eigenvalue weighted by molar-refractivity contribution is 5.37. The van der Waals surface area contributed by atoms with Crippen LogP contribution in [0.15, 0.2) is 18.2 Å². The van der Waals surface area contributed by atoms with Crippen LogP contribution in [0.1, 0.15) is 31.4 Å². The molecule has 0 unspecified atom stereocenters. The summed E-state index contributed by atoms with van der Waals surface area (Å²) in [5, 5.41) is 9.78. The minimum absolute atomic E-state index is 0.116. The third-order valence-corrected chi connectivity index (χ3v) is 2.56. The summed E-state index contributed by atoms with van der Waals surface area (Å²) in [7, 11) is 1.39. The molecule has 4 heteroatoms. The second-order valence-corrected chi connectivity index (χ2v) is 3.74. The molecule has 1 rings (SSSR count). The Hall–Kier alpha value is -1.13. The first kappa shape index (κ1) is 12.9. The summed E-state index contributed by atoms with van der Waals surface area (Å²) >= 11 is 0. The van der Waals surface area contributed by atoms with Crippen molar-refractivity contribution in [2.24, 2.45) is 5.73 Å². The topological polar surface area (TPSA) is 55.5 Å². The molecule has 1 aromatic carbocycles. The van der Waals surface area contributed by atoms with Gasteiger partial charge in [-0.1, -0.05) is 25.5 Å². The molecule has 90 valence electrons. The van der Waals surface area contributed by atoms with Crippen molar-refractivity contribution < 1.29 is 14.2 Å². The fourth-order valence-corrected chi connectivity index (χ4v) is 1.69. The van der Waals surface area contributed by atoms with Gasteiger partial charge in [-0.05, 0) is 12.5 Å². The molecule has 0 aliphatic rings. The van der Waals surface area contributed by atoms with Crippen LogP contribution in [0.5, 0.6) is 5.75 Å². The van der Waals surface area contributed by atoms with Gasteiger partial charge in [-0.25, -0.2) is 4.39 Å². The van der Waals surface area contributed by atoms with Crippen molar-refractivity contribution in [2.45, 2.75) is 31.9 Å². The number of rotatable bonds is 5. The molecule has 0 heterocycles. The largest absolute Gasteiger partial charge is 0.493 e. The van der Waals surface area contributed by atoms with Crippen molar-refractivity contribution >= 4 is 0 Å². The van der Waals surface area contributed by atoms with E-state index in [4.69, 9.17) is 10.5 Å². The SMILES string of the molecule is CCC[C@H](O)[C@H](N)c1cccc(F)c1OC. The Morgan fingerprint density at radius 2 is 2.19 bits per heavy atom. The molecule has 0 saturated heterocycles. The van der Waals surface area contributed by atoms with Crippen molar-refractivity contribution in [1.82, 2.24) is 0 Å². The maximum absolute atomic E-state index is 13.4. The molecule has 16 heavy (non-hydrogen) atoms. The standard InChI is InChI=1S/C12H18FNO2/c1-3-5-10(15)11(14)8-6-4-7-9(13)12(8)16-2/h4,6-7,10-11,15H,3,5,14H2,1-2H3/t10-,11+/m0/s1. The van der Waals surface area contributed by atoms with Crippen LogP contribution in [0.3, 0.4) is 0 Å². The van der Waals surface area contributed by atoms with Crippen LogP contribution in [0, 0.1) is 5.82 Å². The Labute approximate surface area is 95.0 Å². The van der Waals surface area contributed by atoms with E-state index in [0.29, 0.717) is 12.0 Å². The van der Waals surface area contributed by atoms with Crippen LogP contribution in [-0.4, -0.2) is 18.3 Å². The third kappa shape index (κ3) is 2.71. The van der Waals surface area contributed by atoms with Gasteiger partial charge in [0.1, 0.15) is 0 Å². The molecule has 0 aliphatic heterocycles. The maximum Gasteiger partial charge on any atom is 0.165 e. The number of benzene rings is 1. The lowest BCUT2D eigenvalue weighted by Crippen LogP contribution is -2.26. The van der Waals surface area contributed by atoms with Crippen molar-refractivity contribution in [3.8, 4) is 5.75 Å². The van der Waals surface area contributed by atoms with E-state index >= 15 is 0 Å². The summed E-state index contributed by atoms with van der Waals surface area (Å²) in [5.74, 6) is -0.343. The smallest absolute Gasteiger partial charge is 0.165 e. The molecule has 0 saturated carbocycles. The van der Waals surface area contributed by atoms with E-state index in [9.17, 15) is 9.50 Å². The Bertz CT molecular complexity index is 344. The fraction of sp³-hybridized carbons (Fsp3) is 0.500. The lowest BCUT2D eigenvalue weighted by molar-refractivity contribution is 0.133. The Morgan fingerprint density at radius 1 is 1.50 bits per heavy atom. The highest BCUT2D eigenvalue weighted by Crippen LogP contribution is 2.29. The summed E-state index contributed by atoms with van der Waals surface area (Å²) in [6, 6.07) is 3.92. The van der Waals surface area contributed by atoms with Crippen LogP contribution in [0.4, 0.5) is 4.39 Å². The minimum atomic E-state index is -0.680. The number of halogens is 1. The third-order valence-electron chi connectivity index (χ3n) is 2.56. The van der Waals surface area contributed by atoms with Crippen LogP contribution < -0.4 is 10.5 Å². The number of aliphatic hydroxyl groups is 1. The normalized spacial score (nSPS) is 14.6. The van der Waals surface area contributed by atoms with Crippen molar-refractivity contribution in [3.63, 3.8) is 0 Å². The molecule has 0 spiro atoms. The van der Waals surface area contributed by atoms with Crippen LogP contribution in [0.2, 0.25) is 0 Å². The monoisotopic (exact) mass is 227 g/mol. The van der Waals surface area contributed by atoms with Gasteiger partial charge in [-0.15, -0.1) is 0 Å². The first-order valence-corrected chi connectivity index (χ1v) is 5.37. The van der Waals surface area contributed by atoms with E-state index in [1.807, 2.05) is 6.92 Å². The second-order valence-electron chi connectivity index (χ2n) is 3.74. The highest BCUT2D eigenvalue weighted by atomic mass is 19.1. The highest BCUT2D eigenvalue weighted by Gasteiger charge is 2.21. The molecule has 0 fully saturated rings. The van der Waals surface area contributed by atoms with Gasteiger partial charge in [-0.2, -0.15) is 0 Å². The van der Waals surface area contributed by atoms with Crippen molar-refractivity contribution in [1.29, 1.82) is 0 Å². The minimum Gasteiger partial charge on any atom is -0.493 e. The zero-order valence-electron chi connectivity index (χ0n) is 9.61. The van der Waals surface area contributed by atoms with Gasteiger partial charge in [0.15, 0.2) is 11.6 Å². The predicted molar refractivity (Wildman–Crippen MR) is 60.8 cm³/mol. The van der Waals surface area contributed by atoms with E-state index in [0.717, 1.165) is 6.42 Å². The van der Waals surface area contributed by atoms with E-state index in [2.05, 4.69) is 0 Å². The Morgan fingerprint density at radius 3 is 2.75 bits per heavy atom. The number of para-hydroxylation sites is 1. The number of methoxy groups -OCH3 is 1.